The molecule has 1 heterocycles. The van der Waals surface area contributed by atoms with Crippen LogP contribution in [0, 0.1) is 0 Å². The van der Waals surface area contributed by atoms with Crippen LogP contribution in [-0.4, -0.2) is 29.8 Å². The molecule has 0 bridgehead atoms. The highest BCUT2D eigenvalue weighted by atomic mass is 32.1. The number of nitrogens with zero attached hydrogens (tertiary/aromatic N) is 2. The van der Waals surface area contributed by atoms with Gasteiger partial charge in [-0.05, 0) is 6.42 Å². The van der Waals surface area contributed by atoms with Gasteiger partial charge in [-0.1, -0.05) is 6.92 Å². The van der Waals surface area contributed by atoms with Gasteiger partial charge in [0.15, 0.2) is 5.13 Å². The van der Waals surface area contributed by atoms with E-state index in [1.54, 1.807) is 17.5 Å². The molecule has 0 amide bonds. The Kier molecular flexibility index (Phi) is 4.04. The van der Waals surface area contributed by atoms with E-state index in [0.717, 1.165) is 18.1 Å². The van der Waals surface area contributed by atoms with E-state index in [9.17, 15) is 0 Å². The predicted octanol–water partition coefficient (Wildman–Crippen LogP) is 1.35. The van der Waals surface area contributed by atoms with Crippen LogP contribution in [0.15, 0.2) is 11.6 Å². The SMILES string of the molecule is CCCN(CCO)c1nccs1. The van der Waals surface area contributed by atoms with Crippen molar-refractivity contribution >= 4 is 16.5 Å². The van der Waals surface area contributed by atoms with Gasteiger partial charge in [0.25, 0.3) is 0 Å². The van der Waals surface area contributed by atoms with Crippen molar-refractivity contribution in [2.75, 3.05) is 24.6 Å². The number of aromatic nitrogens is 1. The lowest BCUT2D eigenvalue weighted by atomic mass is 10.4. The molecule has 0 aliphatic rings. The van der Waals surface area contributed by atoms with Gasteiger partial charge >= 0.3 is 0 Å². The van der Waals surface area contributed by atoms with E-state index in [1.165, 1.54) is 0 Å². The van der Waals surface area contributed by atoms with E-state index >= 15 is 0 Å². The molecule has 1 rings (SSSR count). The summed E-state index contributed by atoms with van der Waals surface area (Å²) < 4.78 is 0. The van der Waals surface area contributed by atoms with Gasteiger partial charge in [0.1, 0.15) is 0 Å². The largest absolute Gasteiger partial charge is 0.395 e. The Morgan fingerprint density at radius 1 is 1.58 bits per heavy atom. The zero-order chi connectivity index (χ0) is 8.81. The average Bonchev–Trinajstić information content (AvgIpc) is 2.56. The fourth-order valence-electron chi connectivity index (χ4n) is 1.07. The summed E-state index contributed by atoms with van der Waals surface area (Å²) in [5.41, 5.74) is 0. The molecular weight excluding hydrogens is 172 g/mol. The first-order valence-electron chi connectivity index (χ1n) is 4.13. The quantitative estimate of drug-likeness (QED) is 0.754. The lowest BCUT2D eigenvalue weighted by Gasteiger charge is -2.19. The fourth-order valence-corrected chi connectivity index (χ4v) is 1.76. The topological polar surface area (TPSA) is 36.4 Å². The first-order chi connectivity index (χ1) is 5.88. The highest BCUT2D eigenvalue weighted by Crippen LogP contribution is 2.16. The monoisotopic (exact) mass is 186 g/mol. The minimum absolute atomic E-state index is 0.194. The lowest BCUT2D eigenvalue weighted by Crippen LogP contribution is -2.27. The van der Waals surface area contributed by atoms with Gasteiger partial charge in [-0.15, -0.1) is 11.3 Å². The average molecular weight is 186 g/mol. The van der Waals surface area contributed by atoms with Gasteiger partial charge in [0, 0.05) is 24.7 Å². The van der Waals surface area contributed by atoms with Gasteiger partial charge < -0.3 is 10.0 Å². The molecule has 1 aromatic heterocycles. The summed E-state index contributed by atoms with van der Waals surface area (Å²) in [6, 6.07) is 0. The van der Waals surface area contributed by atoms with E-state index in [1.807, 2.05) is 5.38 Å². The molecule has 0 spiro atoms. The predicted molar refractivity (Wildman–Crippen MR) is 51.7 cm³/mol. The fraction of sp³-hybridized carbons (Fsp3) is 0.625. The van der Waals surface area contributed by atoms with Gasteiger partial charge in [-0.3, -0.25) is 0 Å². The van der Waals surface area contributed by atoms with Crippen molar-refractivity contribution in [3.05, 3.63) is 11.6 Å². The van der Waals surface area contributed by atoms with Crippen molar-refractivity contribution in [1.82, 2.24) is 4.98 Å². The summed E-state index contributed by atoms with van der Waals surface area (Å²) >= 11 is 1.61. The normalized spacial score (nSPS) is 10.2. The molecule has 0 fully saturated rings. The highest BCUT2D eigenvalue weighted by Gasteiger charge is 2.05. The molecule has 68 valence electrons. The van der Waals surface area contributed by atoms with Crippen molar-refractivity contribution in [3.8, 4) is 0 Å². The summed E-state index contributed by atoms with van der Waals surface area (Å²) in [5.74, 6) is 0. The minimum Gasteiger partial charge on any atom is -0.395 e. The van der Waals surface area contributed by atoms with Crippen LogP contribution in [0.4, 0.5) is 5.13 Å². The third-order valence-corrected chi connectivity index (χ3v) is 2.39. The number of hydrogen-bond donors (Lipinski definition) is 1. The molecule has 1 N–H and O–H groups in total. The molecule has 0 atom stereocenters. The van der Waals surface area contributed by atoms with Crippen LogP contribution in [0.5, 0.6) is 0 Å². The first kappa shape index (κ1) is 9.48. The maximum absolute atomic E-state index is 8.80. The summed E-state index contributed by atoms with van der Waals surface area (Å²) in [6.45, 7) is 3.97. The maximum Gasteiger partial charge on any atom is 0.185 e. The molecule has 0 unspecified atom stereocenters. The van der Waals surface area contributed by atoms with Gasteiger partial charge in [-0.2, -0.15) is 0 Å². The lowest BCUT2D eigenvalue weighted by molar-refractivity contribution is 0.302. The third-order valence-electron chi connectivity index (χ3n) is 1.55. The number of aliphatic hydroxyl groups is 1. The maximum atomic E-state index is 8.80. The third kappa shape index (κ3) is 2.46. The molecule has 0 radical (unpaired) electrons. The second-order valence-corrected chi connectivity index (χ2v) is 3.40. The Morgan fingerprint density at radius 2 is 2.42 bits per heavy atom. The van der Waals surface area contributed by atoms with Gasteiger partial charge in [0.05, 0.1) is 6.61 Å². The van der Waals surface area contributed by atoms with Gasteiger partial charge in [-0.25, -0.2) is 4.98 Å². The van der Waals surface area contributed by atoms with Crippen LogP contribution in [0.1, 0.15) is 13.3 Å². The molecule has 0 saturated heterocycles. The van der Waals surface area contributed by atoms with Crippen molar-refractivity contribution in [2.45, 2.75) is 13.3 Å². The van der Waals surface area contributed by atoms with Crippen LogP contribution in [0.2, 0.25) is 0 Å². The molecule has 0 aliphatic heterocycles. The Morgan fingerprint density at radius 3 is 2.92 bits per heavy atom. The smallest absolute Gasteiger partial charge is 0.185 e. The number of hydrogen-bond acceptors (Lipinski definition) is 4. The van der Waals surface area contributed by atoms with Crippen LogP contribution in [-0.2, 0) is 0 Å². The van der Waals surface area contributed by atoms with E-state index in [-0.39, 0.29) is 6.61 Å². The second kappa shape index (κ2) is 5.11. The van der Waals surface area contributed by atoms with E-state index in [4.69, 9.17) is 5.11 Å². The summed E-state index contributed by atoms with van der Waals surface area (Å²) in [5, 5.41) is 11.8. The van der Waals surface area contributed by atoms with Gasteiger partial charge in [0.2, 0.25) is 0 Å². The second-order valence-electron chi connectivity index (χ2n) is 2.53. The molecule has 0 saturated carbocycles. The van der Waals surface area contributed by atoms with Crippen molar-refractivity contribution < 1.29 is 5.11 Å². The van der Waals surface area contributed by atoms with Crippen molar-refractivity contribution in [3.63, 3.8) is 0 Å². The Bertz CT molecular complexity index is 195. The summed E-state index contributed by atoms with van der Waals surface area (Å²) in [7, 11) is 0. The molecule has 4 heteroatoms. The number of rotatable bonds is 5. The van der Waals surface area contributed by atoms with Crippen LogP contribution < -0.4 is 4.90 Å². The first-order valence-corrected chi connectivity index (χ1v) is 5.01. The number of aliphatic hydroxyl groups excluding tert-OH is 1. The van der Waals surface area contributed by atoms with Crippen molar-refractivity contribution in [2.24, 2.45) is 0 Å². The van der Waals surface area contributed by atoms with Crippen LogP contribution in [0.3, 0.4) is 0 Å². The van der Waals surface area contributed by atoms with E-state index in [0.29, 0.717) is 6.54 Å². The van der Waals surface area contributed by atoms with Crippen LogP contribution >= 0.6 is 11.3 Å². The molecule has 0 aliphatic carbocycles. The molecule has 0 aromatic carbocycles. The zero-order valence-corrected chi connectivity index (χ0v) is 8.05. The summed E-state index contributed by atoms with van der Waals surface area (Å²) in [6.07, 6.45) is 2.87. The Balaban J connectivity index is 2.53. The number of thiazole rings is 1. The minimum atomic E-state index is 0.194. The van der Waals surface area contributed by atoms with Crippen molar-refractivity contribution in [1.29, 1.82) is 0 Å². The molecule has 12 heavy (non-hydrogen) atoms. The molecule has 1 aromatic rings. The number of anilines is 1. The summed E-state index contributed by atoms with van der Waals surface area (Å²) in [4.78, 5) is 6.29. The molecular formula is C8H14N2OS. The standard InChI is InChI=1S/C8H14N2OS/c1-2-4-10(5-6-11)8-9-3-7-12-8/h3,7,11H,2,4-6H2,1H3. The molecule has 3 nitrogen and oxygen atoms in total. The Labute approximate surface area is 76.7 Å². The van der Waals surface area contributed by atoms with E-state index in [2.05, 4.69) is 16.8 Å². The van der Waals surface area contributed by atoms with Crippen LogP contribution in [0.25, 0.3) is 0 Å². The Hall–Kier alpha value is -0.610. The zero-order valence-electron chi connectivity index (χ0n) is 7.23. The highest BCUT2D eigenvalue weighted by molar-refractivity contribution is 7.13. The van der Waals surface area contributed by atoms with E-state index < -0.39 is 0 Å².